The fraction of sp³-hybridized carbons (Fsp3) is 0.500. The summed E-state index contributed by atoms with van der Waals surface area (Å²) < 4.78 is 66.5. The van der Waals surface area contributed by atoms with Crippen LogP contribution in [-0.2, 0) is 0 Å². The van der Waals surface area contributed by atoms with E-state index < -0.39 is 34.8 Å². The van der Waals surface area contributed by atoms with E-state index in [-0.39, 0.29) is 25.0 Å². The number of rotatable bonds is 1. The Morgan fingerprint density at radius 1 is 0.895 bits per heavy atom. The summed E-state index contributed by atoms with van der Waals surface area (Å²) in [7, 11) is 0. The predicted octanol–water partition coefficient (Wildman–Crippen LogP) is 2.56. The Morgan fingerprint density at radius 3 is 1.84 bits per heavy atom. The Morgan fingerprint density at radius 2 is 1.37 bits per heavy atom. The molecule has 106 valence electrons. The second-order valence-electron chi connectivity index (χ2n) is 4.92. The Balaban J connectivity index is 2.50. The van der Waals surface area contributed by atoms with E-state index in [0.717, 1.165) is 4.90 Å². The van der Waals surface area contributed by atoms with Crippen molar-refractivity contribution in [3.8, 4) is 0 Å². The van der Waals surface area contributed by atoms with E-state index in [2.05, 4.69) is 0 Å². The van der Waals surface area contributed by atoms with Gasteiger partial charge in [0.15, 0.2) is 23.3 Å². The van der Waals surface area contributed by atoms with Gasteiger partial charge in [-0.2, -0.15) is 0 Å². The lowest BCUT2D eigenvalue weighted by atomic mass is 9.96. The van der Waals surface area contributed by atoms with Gasteiger partial charge >= 0.3 is 0 Å². The van der Waals surface area contributed by atoms with Crippen LogP contribution in [0.4, 0.5) is 27.6 Å². The SMILES string of the molecule is CC1CC(N)CN(c2c(F)c(F)c(F)c(F)c2F)C1. The molecule has 2 nitrogen and oxygen atoms in total. The van der Waals surface area contributed by atoms with E-state index in [0.29, 0.717) is 6.42 Å². The minimum Gasteiger partial charge on any atom is -0.365 e. The van der Waals surface area contributed by atoms with E-state index in [1.54, 1.807) is 6.92 Å². The van der Waals surface area contributed by atoms with Gasteiger partial charge in [0.05, 0.1) is 0 Å². The highest BCUT2D eigenvalue weighted by Gasteiger charge is 2.32. The van der Waals surface area contributed by atoms with Crippen LogP contribution in [0.5, 0.6) is 0 Å². The van der Waals surface area contributed by atoms with Crippen molar-refractivity contribution in [3.05, 3.63) is 29.1 Å². The number of nitrogens with zero attached hydrogens (tertiary/aromatic N) is 1. The molecule has 1 aliphatic heterocycles. The first-order valence-corrected chi connectivity index (χ1v) is 5.84. The number of hydrogen-bond donors (Lipinski definition) is 1. The molecule has 1 heterocycles. The molecule has 1 aromatic rings. The third-order valence-corrected chi connectivity index (χ3v) is 3.19. The Labute approximate surface area is 107 Å². The number of nitrogens with two attached hydrogens (primary N) is 1. The molecular formula is C12H13F5N2. The number of anilines is 1. The Kier molecular flexibility index (Phi) is 3.66. The summed E-state index contributed by atoms with van der Waals surface area (Å²) >= 11 is 0. The molecule has 1 fully saturated rings. The van der Waals surface area contributed by atoms with Gasteiger partial charge in [-0.3, -0.25) is 0 Å². The molecule has 2 unspecified atom stereocenters. The molecule has 1 aliphatic rings. The molecule has 0 aliphatic carbocycles. The first-order chi connectivity index (χ1) is 8.82. The monoisotopic (exact) mass is 280 g/mol. The van der Waals surface area contributed by atoms with Gasteiger partial charge in [0, 0.05) is 19.1 Å². The van der Waals surface area contributed by atoms with Crippen LogP contribution in [0.2, 0.25) is 0 Å². The number of hydrogen-bond acceptors (Lipinski definition) is 2. The van der Waals surface area contributed by atoms with Gasteiger partial charge in [0.25, 0.3) is 0 Å². The van der Waals surface area contributed by atoms with Gasteiger partial charge in [-0.15, -0.1) is 0 Å². The quantitative estimate of drug-likeness (QED) is 0.486. The third-order valence-electron chi connectivity index (χ3n) is 3.19. The van der Waals surface area contributed by atoms with Crippen LogP contribution in [0, 0.1) is 35.0 Å². The molecule has 2 rings (SSSR count). The normalized spacial score (nSPS) is 23.8. The zero-order valence-electron chi connectivity index (χ0n) is 10.2. The van der Waals surface area contributed by atoms with Crippen molar-refractivity contribution >= 4 is 5.69 Å². The fourth-order valence-corrected chi connectivity index (χ4v) is 2.45. The number of benzene rings is 1. The summed E-state index contributed by atoms with van der Waals surface area (Å²) in [4.78, 5) is 1.12. The maximum atomic E-state index is 13.6. The van der Waals surface area contributed by atoms with Crippen molar-refractivity contribution in [1.29, 1.82) is 0 Å². The highest BCUT2D eigenvalue weighted by atomic mass is 19.2. The molecule has 0 spiro atoms. The minimum absolute atomic E-state index is 0.0127. The zero-order chi connectivity index (χ0) is 14.3. The standard InChI is InChI=1S/C12H13F5N2/c1-5-2-6(18)4-19(3-5)12-10(16)8(14)7(13)9(15)11(12)17/h5-6H,2-4,18H2,1H3. The van der Waals surface area contributed by atoms with Crippen molar-refractivity contribution in [2.75, 3.05) is 18.0 Å². The summed E-state index contributed by atoms with van der Waals surface area (Å²) in [6.07, 6.45) is 0.645. The van der Waals surface area contributed by atoms with Crippen molar-refractivity contribution in [3.63, 3.8) is 0 Å². The topological polar surface area (TPSA) is 29.3 Å². The lowest BCUT2D eigenvalue weighted by molar-refractivity contribution is 0.362. The van der Waals surface area contributed by atoms with Crippen LogP contribution in [0.3, 0.4) is 0 Å². The molecule has 0 aromatic heterocycles. The van der Waals surface area contributed by atoms with Crippen LogP contribution in [0.15, 0.2) is 0 Å². The molecule has 7 heteroatoms. The largest absolute Gasteiger partial charge is 0.365 e. The summed E-state index contributed by atoms with van der Waals surface area (Å²) in [6, 6.07) is -0.362. The molecule has 2 atom stereocenters. The van der Waals surface area contributed by atoms with Crippen LogP contribution < -0.4 is 10.6 Å². The predicted molar refractivity (Wildman–Crippen MR) is 60.2 cm³/mol. The lowest BCUT2D eigenvalue weighted by Crippen LogP contribution is -2.47. The Bertz CT molecular complexity index is 466. The van der Waals surface area contributed by atoms with Gasteiger partial charge in [0.2, 0.25) is 5.82 Å². The molecular weight excluding hydrogens is 267 g/mol. The van der Waals surface area contributed by atoms with Crippen LogP contribution in [0.1, 0.15) is 13.3 Å². The first kappa shape index (κ1) is 14.0. The van der Waals surface area contributed by atoms with E-state index >= 15 is 0 Å². The zero-order valence-corrected chi connectivity index (χ0v) is 10.2. The van der Waals surface area contributed by atoms with Gasteiger partial charge < -0.3 is 10.6 Å². The fourth-order valence-electron chi connectivity index (χ4n) is 2.45. The molecule has 0 bridgehead atoms. The number of piperidine rings is 1. The van der Waals surface area contributed by atoms with Gasteiger partial charge in [-0.05, 0) is 12.3 Å². The highest BCUT2D eigenvalue weighted by Crippen LogP contribution is 2.32. The van der Waals surface area contributed by atoms with Gasteiger partial charge in [-0.25, -0.2) is 22.0 Å². The van der Waals surface area contributed by atoms with Crippen molar-refractivity contribution in [2.45, 2.75) is 19.4 Å². The number of halogens is 5. The van der Waals surface area contributed by atoms with Crippen molar-refractivity contribution in [2.24, 2.45) is 11.7 Å². The third kappa shape index (κ3) is 2.39. The molecule has 0 saturated carbocycles. The van der Waals surface area contributed by atoms with E-state index in [1.165, 1.54) is 0 Å². The van der Waals surface area contributed by atoms with Crippen LogP contribution in [-0.4, -0.2) is 19.1 Å². The highest BCUT2D eigenvalue weighted by molar-refractivity contribution is 5.51. The van der Waals surface area contributed by atoms with E-state index in [4.69, 9.17) is 5.73 Å². The molecule has 0 radical (unpaired) electrons. The van der Waals surface area contributed by atoms with E-state index in [1.807, 2.05) is 0 Å². The summed E-state index contributed by atoms with van der Waals surface area (Å²) in [5.74, 6) is -9.61. The summed E-state index contributed by atoms with van der Waals surface area (Å²) in [5, 5.41) is 0. The maximum Gasteiger partial charge on any atom is 0.200 e. The Hall–Kier alpha value is -1.37. The molecule has 0 amide bonds. The maximum absolute atomic E-state index is 13.6. The molecule has 1 saturated heterocycles. The molecule has 1 aromatic carbocycles. The summed E-state index contributed by atoms with van der Waals surface area (Å²) in [5.41, 5.74) is 4.82. The van der Waals surface area contributed by atoms with Crippen LogP contribution >= 0.6 is 0 Å². The molecule has 19 heavy (non-hydrogen) atoms. The minimum atomic E-state index is -2.15. The smallest absolute Gasteiger partial charge is 0.200 e. The van der Waals surface area contributed by atoms with Gasteiger partial charge in [0.1, 0.15) is 5.69 Å². The first-order valence-electron chi connectivity index (χ1n) is 5.84. The van der Waals surface area contributed by atoms with E-state index in [9.17, 15) is 22.0 Å². The van der Waals surface area contributed by atoms with Crippen molar-refractivity contribution in [1.82, 2.24) is 0 Å². The second-order valence-corrected chi connectivity index (χ2v) is 4.92. The average molecular weight is 280 g/mol. The van der Waals surface area contributed by atoms with Crippen LogP contribution in [0.25, 0.3) is 0 Å². The average Bonchev–Trinajstić information content (AvgIpc) is 2.33. The van der Waals surface area contributed by atoms with Gasteiger partial charge in [-0.1, -0.05) is 6.92 Å². The summed E-state index contributed by atoms with van der Waals surface area (Å²) in [6.45, 7) is 2.06. The van der Waals surface area contributed by atoms with Crippen molar-refractivity contribution < 1.29 is 22.0 Å². The second kappa shape index (κ2) is 4.96. The lowest BCUT2D eigenvalue weighted by Gasteiger charge is -2.36. The molecule has 2 N–H and O–H groups in total.